The maximum atomic E-state index is 13.4. The lowest BCUT2D eigenvalue weighted by molar-refractivity contribution is 0.0513. The third-order valence-electron chi connectivity index (χ3n) is 5.94. The Labute approximate surface area is 187 Å². The molecular formula is C24H30FN3O4. The van der Waals surface area contributed by atoms with Gasteiger partial charge in [0.25, 0.3) is 0 Å². The number of rotatable bonds is 7. The minimum atomic E-state index is -0.314. The SMILES string of the molecule is CN=C(NCC(C)Oc1cccc(F)c1)NCC1(c2ccc3c(c2)OCO3)CCOCC1. The van der Waals surface area contributed by atoms with Crippen LogP contribution in [0.25, 0.3) is 0 Å². The molecule has 1 atom stereocenters. The minimum Gasteiger partial charge on any atom is -0.489 e. The first-order chi connectivity index (χ1) is 15.6. The number of fused-ring (bicyclic) bond motifs is 1. The van der Waals surface area contributed by atoms with E-state index in [9.17, 15) is 4.39 Å². The van der Waals surface area contributed by atoms with Gasteiger partial charge in [-0.3, -0.25) is 4.99 Å². The fourth-order valence-electron chi connectivity index (χ4n) is 4.08. The van der Waals surface area contributed by atoms with E-state index in [1.807, 2.05) is 13.0 Å². The third kappa shape index (κ3) is 5.24. The molecule has 8 heteroatoms. The summed E-state index contributed by atoms with van der Waals surface area (Å²) in [5.74, 6) is 2.45. The molecule has 7 nitrogen and oxygen atoms in total. The summed E-state index contributed by atoms with van der Waals surface area (Å²) in [5, 5.41) is 6.77. The molecule has 0 bridgehead atoms. The number of hydrogen-bond donors (Lipinski definition) is 2. The van der Waals surface area contributed by atoms with Gasteiger partial charge in [-0.1, -0.05) is 12.1 Å². The summed E-state index contributed by atoms with van der Waals surface area (Å²) in [6.45, 7) is 4.84. The predicted octanol–water partition coefficient (Wildman–Crippen LogP) is 3.24. The van der Waals surface area contributed by atoms with Crippen LogP contribution in [0.5, 0.6) is 17.2 Å². The Hall–Kier alpha value is -3.00. The maximum absolute atomic E-state index is 13.4. The van der Waals surface area contributed by atoms with Crippen molar-refractivity contribution in [3.05, 3.63) is 53.8 Å². The van der Waals surface area contributed by atoms with Gasteiger partial charge in [0, 0.05) is 38.3 Å². The largest absolute Gasteiger partial charge is 0.489 e. The Morgan fingerprint density at radius 2 is 1.94 bits per heavy atom. The first kappa shape index (κ1) is 22.2. The van der Waals surface area contributed by atoms with Crippen molar-refractivity contribution in [2.75, 3.05) is 40.1 Å². The van der Waals surface area contributed by atoms with E-state index < -0.39 is 0 Å². The molecule has 2 aliphatic rings. The van der Waals surface area contributed by atoms with Crippen molar-refractivity contribution < 1.29 is 23.3 Å². The van der Waals surface area contributed by atoms with E-state index in [0.717, 1.165) is 24.3 Å². The van der Waals surface area contributed by atoms with Crippen molar-refractivity contribution in [3.63, 3.8) is 0 Å². The van der Waals surface area contributed by atoms with Gasteiger partial charge in [-0.2, -0.15) is 0 Å². The fourth-order valence-corrected chi connectivity index (χ4v) is 4.08. The van der Waals surface area contributed by atoms with Gasteiger partial charge in [-0.15, -0.1) is 0 Å². The molecule has 32 heavy (non-hydrogen) atoms. The second kappa shape index (κ2) is 10.1. The van der Waals surface area contributed by atoms with Crippen LogP contribution in [0.3, 0.4) is 0 Å². The molecular weight excluding hydrogens is 413 g/mol. The monoisotopic (exact) mass is 443 g/mol. The minimum absolute atomic E-state index is 0.0967. The molecule has 0 radical (unpaired) electrons. The smallest absolute Gasteiger partial charge is 0.231 e. The van der Waals surface area contributed by atoms with Crippen LogP contribution in [0.4, 0.5) is 4.39 Å². The predicted molar refractivity (Wildman–Crippen MR) is 120 cm³/mol. The van der Waals surface area contributed by atoms with Gasteiger partial charge < -0.3 is 29.6 Å². The number of nitrogens with one attached hydrogen (secondary N) is 2. The second-order valence-corrected chi connectivity index (χ2v) is 8.15. The van der Waals surface area contributed by atoms with Crippen molar-refractivity contribution >= 4 is 5.96 Å². The number of guanidine groups is 1. The highest BCUT2D eigenvalue weighted by atomic mass is 19.1. The molecule has 0 aromatic heterocycles. The molecule has 1 saturated heterocycles. The first-order valence-corrected chi connectivity index (χ1v) is 10.9. The van der Waals surface area contributed by atoms with Gasteiger partial charge in [-0.25, -0.2) is 4.39 Å². The van der Waals surface area contributed by atoms with Gasteiger partial charge in [0.1, 0.15) is 17.7 Å². The van der Waals surface area contributed by atoms with Crippen molar-refractivity contribution in [3.8, 4) is 17.2 Å². The van der Waals surface area contributed by atoms with Crippen molar-refractivity contribution in [1.82, 2.24) is 10.6 Å². The normalized spacial score (nSPS) is 18.2. The van der Waals surface area contributed by atoms with Crippen molar-refractivity contribution in [2.45, 2.75) is 31.3 Å². The van der Waals surface area contributed by atoms with Gasteiger partial charge in [0.15, 0.2) is 17.5 Å². The lowest BCUT2D eigenvalue weighted by atomic mass is 9.74. The van der Waals surface area contributed by atoms with Crippen LogP contribution >= 0.6 is 0 Å². The molecule has 172 valence electrons. The number of benzene rings is 2. The van der Waals surface area contributed by atoms with Crippen molar-refractivity contribution in [2.24, 2.45) is 4.99 Å². The standard InChI is InChI=1S/C24H30FN3O4/c1-17(32-20-5-3-4-19(25)13-20)14-27-23(26-2)28-15-24(8-10-29-11-9-24)18-6-7-21-22(12-18)31-16-30-21/h3-7,12-13,17H,8-11,14-16H2,1-2H3,(H2,26,27,28). The lowest BCUT2D eigenvalue weighted by Gasteiger charge is -2.38. The Kier molecular flexibility index (Phi) is 6.99. The van der Waals surface area contributed by atoms with Crippen LogP contribution in [0.2, 0.25) is 0 Å². The van der Waals surface area contributed by atoms with Crippen LogP contribution in [-0.2, 0) is 10.2 Å². The average molecular weight is 444 g/mol. The van der Waals surface area contributed by atoms with Crippen LogP contribution in [0.1, 0.15) is 25.3 Å². The summed E-state index contributed by atoms with van der Waals surface area (Å²) in [5.41, 5.74) is 1.11. The molecule has 2 aromatic carbocycles. The Morgan fingerprint density at radius 1 is 1.12 bits per heavy atom. The lowest BCUT2D eigenvalue weighted by Crippen LogP contribution is -2.49. The summed E-state index contributed by atoms with van der Waals surface area (Å²) in [7, 11) is 1.74. The molecule has 0 amide bonds. The number of ether oxygens (including phenoxy) is 4. The zero-order valence-corrected chi connectivity index (χ0v) is 18.5. The molecule has 2 aromatic rings. The maximum Gasteiger partial charge on any atom is 0.231 e. The number of nitrogens with zero attached hydrogens (tertiary/aromatic N) is 1. The molecule has 2 aliphatic heterocycles. The first-order valence-electron chi connectivity index (χ1n) is 10.9. The van der Waals surface area contributed by atoms with Gasteiger partial charge in [-0.05, 0) is 49.6 Å². The van der Waals surface area contributed by atoms with E-state index in [1.165, 1.54) is 17.7 Å². The average Bonchev–Trinajstić information content (AvgIpc) is 3.28. The molecule has 2 heterocycles. The molecule has 0 spiro atoms. The van der Waals surface area contributed by atoms with E-state index in [0.29, 0.717) is 38.0 Å². The second-order valence-electron chi connectivity index (χ2n) is 8.15. The summed E-state index contributed by atoms with van der Waals surface area (Å²) in [6, 6.07) is 12.3. The van der Waals surface area contributed by atoms with E-state index in [-0.39, 0.29) is 24.1 Å². The van der Waals surface area contributed by atoms with E-state index in [1.54, 1.807) is 19.2 Å². The Morgan fingerprint density at radius 3 is 2.72 bits per heavy atom. The molecule has 2 N–H and O–H groups in total. The fraction of sp³-hybridized carbons (Fsp3) is 0.458. The highest BCUT2D eigenvalue weighted by Crippen LogP contribution is 2.40. The number of halogens is 1. The zero-order chi connectivity index (χ0) is 22.4. The Bertz CT molecular complexity index is 947. The Balaban J connectivity index is 1.36. The van der Waals surface area contributed by atoms with Crippen LogP contribution < -0.4 is 24.8 Å². The van der Waals surface area contributed by atoms with Gasteiger partial charge in [0.05, 0.1) is 6.54 Å². The van der Waals surface area contributed by atoms with E-state index in [4.69, 9.17) is 18.9 Å². The van der Waals surface area contributed by atoms with E-state index in [2.05, 4.69) is 27.8 Å². The van der Waals surface area contributed by atoms with Crippen LogP contribution in [-0.4, -0.2) is 52.2 Å². The summed E-state index contributed by atoms with van der Waals surface area (Å²) in [6.07, 6.45) is 1.63. The topological polar surface area (TPSA) is 73.3 Å². The molecule has 1 fully saturated rings. The van der Waals surface area contributed by atoms with Gasteiger partial charge in [0.2, 0.25) is 6.79 Å². The molecule has 4 rings (SSSR count). The van der Waals surface area contributed by atoms with E-state index >= 15 is 0 Å². The highest BCUT2D eigenvalue weighted by Gasteiger charge is 2.36. The van der Waals surface area contributed by atoms with Gasteiger partial charge >= 0.3 is 0 Å². The highest BCUT2D eigenvalue weighted by molar-refractivity contribution is 5.79. The van der Waals surface area contributed by atoms with Crippen LogP contribution in [0, 0.1) is 5.82 Å². The molecule has 0 aliphatic carbocycles. The number of aliphatic imine (C=N–C) groups is 1. The molecule has 0 saturated carbocycles. The third-order valence-corrected chi connectivity index (χ3v) is 5.94. The summed E-state index contributed by atoms with van der Waals surface area (Å²) in [4.78, 5) is 4.35. The van der Waals surface area contributed by atoms with Crippen molar-refractivity contribution in [1.29, 1.82) is 0 Å². The summed E-state index contributed by atoms with van der Waals surface area (Å²) >= 11 is 0. The quantitative estimate of drug-likeness (QED) is 0.506. The zero-order valence-electron chi connectivity index (χ0n) is 18.5. The van der Waals surface area contributed by atoms with Crippen LogP contribution in [0.15, 0.2) is 47.5 Å². The summed E-state index contributed by atoms with van der Waals surface area (Å²) < 4.78 is 35.9. The number of hydrogen-bond acceptors (Lipinski definition) is 5. The molecule has 1 unspecified atom stereocenters.